The van der Waals surface area contributed by atoms with E-state index >= 15 is 0 Å². The molecule has 0 aliphatic carbocycles. The van der Waals surface area contributed by atoms with Crippen molar-refractivity contribution in [2.75, 3.05) is 13.2 Å². The van der Waals surface area contributed by atoms with Gasteiger partial charge in [-0.25, -0.2) is 0 Å². The lowest BCUT2D eigenvalue weighted by Gasteiger charge is -2.14. The Kier molecular flexibility index (Phi) is 6.86. The van der Waals surface area contributed by atoms with E-state index in [1.165, 1.54) is 5.56 Å². The molecule has 1 unspecified atom stereocenters. The molecule has 1 rings (SSSR count). The zero-order valence-corrected chi connectivity index (χ0v) is 10.5. The summed E-state index contributed by atoms with van der Waals surface area (Å²) in [5.74, 6) is 0.553. The molecule has 0 heterocycles. The molecule has 0 aliphatic heterocycles. The minimum absolute atomic E-state index is 0.0993. The average molecular weight is 237 g/mol. The van der Waals surface area contributed by atoms with Gasteiger partial charge in [-0.3, -0.25) is 0 Å². The monoisotopic (exact) mass is 237 g/mol. The molecular formula is C14H23NO2. The van der Waals surface area contributed by atoms with E-state index in [4.69, 9.17) is 10.2 Å². The first-order chi connectivity index (χ1) is 8.30. The maximum atomic E-state index is 8.93. The summed E-state index contributed by atoms with van der Waals surface area (Å²) in [6.45, 7) is 4.30. The van der Waals surface area contributed by atoms with Crippen LogP contribution in [0.2, 0.25) is 0 Å². The largest absolute Gasteiger partial charge is 0.396 e. The fraction of sp³-hybridized carbons (Fsp3) is 0.571. The van der Waals surface area contributed by atoms with Crippen LogP contribution >= 0.6 is 0 Å². The quantitative estimate of drug-likeness (QED) is 0.645. The fourth-order valence-corrected chi connectivity index (χ4v) is 1.82. The molecule has 0 radical (unpaired) electrons. The third-order valence-corrected chi connectivity index (χ3v) is 3.08. The number of nitrogens with one attached hydrogen (secondary N) is 1. The van der Waals surface area contributed by atoms with Crippen LogP contribution in [0.3, 0.4) is 0 Å². The van der Waals surface area contributed by atoms with Gasteiger partial charge in [0.2, 0.25) is 0 Å². The highest BCUT2D eigenvalue weighted by molar-refractivity contribution is 5.21. The second-order valence-electron chi connectivity index (χ2n) is 4.39. The second kappa shape index (κ2) is 8.23. The predicted octanol–water partition coefficient (Wildman–Crippen LogP) is 1.68. The molecule has 96 valence electrons. The molecule has 0 aromatic heterocycles. The number of hydrogen-bond donors (Lipinski definition) is 3. The van der Waals surface area contributed by atoms with Crippen molar-refractivity contribution in [3.8, 4) is 0 Å². The van der Waals surface area contributed by atoms with E-state index in [0.29, 0.717) is 5.92 Å². The van der Waals surface area contributed by atoms with Crippen LogP contribution in [-0.4, -0.2) is 23.4 Å². The summed E-state index contributed by atoms with van der Waals surface area (Å²) in [6.07, 6.45) is 1.96. The van der Waals surface area contributed by atoms with Crippen LogP contribution in [0.15, 0.2) is 24.3 Å². The lowest BCUT2D eigenvalue weighted by atomic mass is 10.0. The Labute approximate surface area is 103 Å². The first-order valence-corrected chi connectivity index (χ1v) is 6.30. The van der Waals surface area contributed by atoms with Crippen molar-refractivity contribution >= 4 is 0 Å². The Bertz CT molecular complexity index is 298. The van der Waals surface area contributed by atoms with Crippen LogP contribution in [0.25, 0.3) is 0 Å². The minimum Gasteiger partial charge on any atom is -0.396 e. The van der Waals surface area contributed by atoms with Crippen molar-refractivity contribution in [2.45, 2.75) is 32.9 Å². The van der Waals surface area contributed by atoms with Crippen molar-refractivity contribution in [1.29, 1.82) is 0 Å². The molecule has 3 nitrogen and oxygen atoms in total. The van der Waals surface area contributed by atoms with Gasteiger partial charge in [0.25, 0.3) is 0 Å². The van der Waals surface area contributed by atoms with E-state index in [9.17, 15) is 0 Å². The Hall–Kier alpha value is -0.900. The summed E-state index contributed by atoms with van der Waals surface area (Å²) < 4.78 is 0. The molecule has 0 saturated carbocycles. The number of aliphatic hydroxyl groups is 2. The maximum absolute atomic E-state index is 8.93. The average Bonchev–Trinajstić information content (AvgIpc) is 2.38. The Morgan fingerprint density at radius 2 is 1.76 bits per heavy atom. The highest BCUT2D eigenvalue weighted by Gasteiger charge is 2.04. The first-order valence-electron chi connectivity index (χ1n) is 6.30. The molecule has 0 spiro atoms. The van der Waals surface area contributed by atoms with Crippen molar-refractivity contribution in [3.63, 3.8) is 0 Å². The van der Waals surface area contributed by atoms with E-state index in [2.05, 4.69) is 12.2 Å². The molecule has 3 N–H and O–H groups in total. The van der Waals surface area contributed by atoms with Gasteiger partial charge in [-0.1, -0.05) is 37.6 Å². The zero-order chi connectivity index (χ0) is 12.5. The molecule has 0 fully saturated rings. The van der Waals surface area contributed by atoms with Crippen LogP contribution in [0.4, 0.5) is 0 Å². The zero-order valence-electron chi connectivity index (χ0n) is 10.5. The first kappa shape index (κ1) is 14.2. The maximum Gasteiger partial charge on any atom is 0.0681 e. The van der Waals surface area contributed by atoms with Gasteiger partial charge in [0.05, 0.1) is 6.61 Å². The number of rotatable bonds is 8. The number of hydrogen-bond acceptors (Lipinski definition) is 3. The second-order valence-corrected chi connectivity index (χ2v) is 4.39. The highest BCUT2D eigenvalue weighted by Crippen LogP contribution is 2.07. The lowest BCUT2D eigenvalue weighted by Crippen LogP contribution is -2.22. The van der Waals surface area contributed by atoms with Gasteiger partial charge >= 0.3 is 0 Å². The highest BCUT2D eigenvalue weighted by atomic mass is 16.3. The van der Waals surface area contributed by atoms with Gasteiger partial charge in [0.1, 0.15) is 0 Å². The summed E-state index contributed by atoms with van der Waals surface area (Å²) in [6, 6.07) is 7.96. The fourth-order valence-electron chi connectivity index (χ4n) is 1.82. The lowest BCUT2D eigenvalue weighted by molar-refractivity contribution is 0.251. The van der Waals surface area contributed by atoms with Crippen molar-refractivity contribution in [2.24, 2.45) is 5.92 Å². The molecule has 0 amide bonds. The van der Waals surface area contributed by atoms with Crippen LogP contribution in [0, 0.1) is 5.92 Å². The van der Waals surface area contributed by atoms with Gasteiger partial charge in [0, 0.05) is 13.2 Å². The van der Waals surface area contributed by atoms with E-state index < -0.39 is 0 Å². The van der Waals surface area contributed by atoms with Crippen LogP contribution in [-0.2, 0) is 13.2 Å². The molecule has 0 bridgehead atoms. The summed E-state index contributed by atoms with van der Waals surface area (Å²) in [7, 11) is 0. The topological polar surface area (TPSA) is 52.5 Å². The van der Waals surface area contributed by atoms with E-state index in [1.54, 1.807) is 0 Å². The Morgan fingerprint density at radius 3 is 2.29 bits per heavy atom. The SMILES string of the molecule is CCC(CCO)CNCc1ccc(CO)cc1. The minimum atomic E-state index is 0.0993. The summed E-state index contributed by atoms with van der Waals surface area (Å²) >= 11 is 0. The van der Waals surface area contributed by atoms with Gasteiger partial charge in [-0.2, -0.15) is 0 Å². The third kappa shape index (κ3) is 5.31. The molecule has 1 aromatic rings. The molecular weight excluding hydrogens is 214 g/mol. The molecule has 0 aliphatic rings. The van der Waals surface area contributed by atoms with Crippen molar-refractivity contribution in [1.82, 2.24) is 5.32 Å². The van der Waals surface area contributed by atoms with Crippen LogP contribution in [0.1, 0.15) is 30.9 Å². The van der Waals surface area contributed by atoms with Gasteiger partial charge in [-0.15, -0.1) is 0 Å². The number of benzene rings is 1. The van der Waals surface area contributed by atoms with Gasteiger partial charge in [0.15, 0.2) is 0 Å². The molecule has 1 aromatic carbocycles. The standard InChI is InChI=1S/C14H23NO2/c1-2-12(7-8-16)9-15-10-13-3-5-14(11-17)6-4-13/h3-6,12,15-17H,2,7-11H2,1H3. The van der Waals surface area contributed by atoms with E-state index in [0.717, 1.165) is 31.5 Å². The number of aliphatic hydroxyl groups excluding tert-OH is 2. The summed E-state index contributed by atoms with van der Waals surface area (Å²) in [5.41, 5.74) is 2.17. The molecule has 1 atom stereocenters. The Balaban J connectivity index is 2.29. The molecule has 17 heavy (non-hydrogen) atoms. The molecule has 0 saturated heterocycles. The van der Waals surface area contributed by atoms with Crippen molar-refractivity contribution in [3.05, 3.63) is 35.4 Å². The van der Waals surface area contributed by atoms with Crippen molar-refractivity contribution < 1.29 is 10.2 Å². The van der Waals surface area contributed by atoms with Crippen LogP contribution < -0.4 is 5.32 Å². The van der Waals surface area contributed by atoms with E-state index in [1.807, 2.05) is 24.3 Å². The summed E-state index contributed by atoms with van der Waals surface area (Å²) in [5, 5.41) is 21.2. The van der Waals surface area contributed by atoms with Crippen LogP contribution in [0.5, 0.6) is 0 Å². The normalized spacial score (nSPS) is 12.6. The Morgan fingerprint density at radius 1 is 1.12 bits per heavy atom. The van der Waals surface area contributed by atoms with Gasteiger partial charge in [-0.05, 0) is 30.0 Å². The summed E-state index contributed by atoms with van der Waals surface area (Å²) in [4.78, 5) is 0. The third-order valence-electron chi connectivity index (χ3n) is 3.08. The smallest absolute Gasteiger partial charge is 0.0681 e. The molecule has 3 heteroatoms. The van der Waals surface area contributed by atoms with E-state index in [-0.39, 0.29) is 13.2 Å². The predicted molar refractivity (Wildman–Crippen MR) is 69.6 cm³/mol. The van der Waals surface area contributed by atoms with Gasteiger partial charge < -0.3 is 15.5 Å².